The third-order valence-electron chi connectivity index (χ3n) is 4.92. The summed E-state index contributed by atoms with van der Waals surface area (Å²) >= 11 is 0. The topological polar surface area (TPSA) is 75.7 Å². The summed E-state index contributed by atoms with van der Waals surface area (Å²) in [5.74, 6) is -1.01. The number of carbonyl (C=O) groups is 3. The molecule has 6 nitrogen and oxygen atoms in total. The molecule has 1 N–H and O–H groups in total. The highest BCUT2D eigenvalue weighted by Crippen LogP contribution is 2.38. The summed E-state index contributed by atoms with van der Waals surface area (Å²) in [6.45, 7) is 1.75. The largest absolute Gasteiger partial charge is 0.461 e. The van der Waals surface area contributed by atoms with E-state index in [9.17, 15) is 14.4 Å². The maximum absolute atomic E-state index is 13.5. The van der Waals surface area contributed by atoms with Crippen molar-refractivity contribution in [1.29, 1.82) is 0 Å². The number of esters is 1. The Morgan fingerprint density at radius 2 is 1.50 bits per heavy atom. The van der Waals surface area contributed by atoms with Crippen LogP contribution in [-0.2, 0) is 19.9 Å². The highest BCUT2D eigenvalue weighted by Gasteiger charge is 2.58. The molecule has 0 aliphatic carbocycles. The Kier molecular flexibility index (Phi) is 3.76. The molecular formula is C20H18N2O4. The van der Waals surface area contributed by atoms with Crippen LogP contribution in [0, 0.1) is 0 Å². The second-order valence-electron chi connectivity index (χ2n) is 6.59. The zero-order valence-electron chi connectivity index (χ0n) is 14.2. The van der Waals surface area contributed by atoms with Crippen molar-refractivity contribution in [3.05, 3.63) is 71.8 Å². The molecular weight excluding hydrogens is 332 g/mol. The van der Waals surface area contributed by atoms with Crippen LogP contribution in [-0.4, -0.2) is 35.0 Å². The molecule has 2 aliphatic rings. The van der Waals surface area contributed by atoms with Crippen LogP contribution in [0.3, 0.4) is 0 Å². The lowest BCUT2D eigenvalue weighted by Crippen LogP contribution is -2.47. The lowest BCUT2D eigenvalue weighted by Gasteiger charge is -2.28. The van der Waals surface area contributed by atoms with Crippen LogP contribution in [0.25, 0.3) is 0 Å². The summed E-state index contributed by atoms with van der Waals surface area (Å²) < 4.78 is 5.15. The number of rotatable bonds is 3. The van der Waals surface area contributed by atoms with E-state index in [0.717, 1.165) is 4.90 Å². The van der Waals surface area contributed by atoms with Crippen LogP contribution in [0.15, 0.2) is 60.7 Å². The molecule has 132 valence electrons. The molecule has 6 heteroatoms. The molecule has 0 bridgehead atoms. The molecule has 0 spiro atoms. The first-order chi connectivity index (χ1) is 12.5. The average Bonchev–Trinajstić information content (AvgIpc) is 3.12. The lowest BCUT2D eigenvalue weighted by atomic mass is 9.82. The highest BCUT2D eigenvalue weighted by atomic mass is 16.6. The Hall–Kier alpha value is -3.15. The molecule has 0 saturated carbocycles. The molecule has 4 rings (SSSR count). The normalized spacial score (nSPS) is 24.5. The van der Waals surface area contributed by atoms with E-state index in [0.29, 0.717) is 17.5 Å². The van der Waals surface area contributed by atoms with E-state index in [1.807, 2.05) is 36.4 Å². The third-order valence-corrected chi connectivity index (χ3v) is 4.92. The van der Waals surface area contributed by atoms with Crippen LogP contribution in [0.4, 0.5) is 4.79 Å². The molecule has 26 heavy (non-hydrogen) atoms. The Bertz CT molecular complexity index is 826. The van der Waals surface area contributed by atoms with Gasteiger partial charge >= 0.3 is 12.0 Å². The molecule has 2 aromatic rings. The first-order valence-electron chi connectivity index (χ1n) is 8.51. The van der Waals surface area contributed by atoms with Crippen molar-refractivity contribution in [1.82, 2.24) is 10.2 Å². The highest BCUT2D eigenvalue weighted by molar-refractivity contribution is 6.11. The van der Waals surface area contributed by atoms with Gasteiger partial charge in [0.2, 0.25) is 0 Å². The number of hydrogen-bond acceptors (Lipinski definition) is 4. The average molecular weight is 350 g/mol. The molecule has 2 saturated heterocycles. The predicted octanol–water partition coefficient (Wildman–Crippen LogP) is 2.19. The molecule has 0 radical (unpaired) electrons. The van der Waals surface area contributed by atoms with Gasteiger partial charge in [0.05, 0.1) is 0 Å². The molecule has 2 unspecified atom stereocenters. The smallest absolute Gasteiger partial charge is 0.329 e. The van der Waals surface area contributed by atoms with Crippen molar-refractivity contribution >= 4 is 17.9 Å². The van der Waals surface area contributed by atoms with E-state index in [4.69, 9.17) is 4.74 Å². The minimum atomic E-state index is -1.36. The number of urea groups is 1. The fraction of sp³-hybridized carbons (Fsp3) is 0.250. The molecule has 0 aromatic heterocycles. The lowest BCUT2D eigenvalue weighted by molar-refractivity contribution is -0.147. The SMILES string of the molecule is CC1CC(N2C(=O)NC(c3ccccc3)(c3ccccc3)C2=O)C(=O)O1. The minimum Gasteiger partial charge on any atom is -0.461 e. The predicted molar refractivity (Wildman–Crippen MR) is 93.0 cm³/mol. The van der Waals surface area contributed by atoms with E-state index < -0.39 is 29.5 Å². The number of hydrogen-bond donors (Lipinski definition) is 1. The van der Waals surface area contributed by atoms with Gasteiger partial charge in [-0.05, 0) is 18.1 Å². The van der Waals surface area contributed by atoms with Gasteiger partial charge in [0.25, 0.3) is 5.91 Å². The summed E-state index contributed by atoms with van der Waals surface area (Å²) in [4.78, 5) is 39.5. The second kappa shape index (κ2) is 5.98. The van der Waals surface area contributed by atoms with Crippen molar-refractivity contribution < 1.29 is 19.1 Å². The molecule has 3 amide bonds. The maximum atomic E-state index is 13.5. The fourth-order valence-electron chi connectivity index (χ4n) is 3.71. The van der Waals surface area contributed by atoms with Gasteiger partial charge in [-0.15, -0.1) is 0 Å². The van der Waals surface area contributed by atoms with Gasteiger partial charge in [0.1, 0.15) is 12.1 Å². The maximum Gasteiger partial charge on any atom is 0.329 e. The fourth-order valence-corrected chi connectivity index (χ4v) is 3.71. The zero-order chi connectivity index (χ0) is 18.3. The Morgan fingerprint density at radius 3 is 1.96 bits per heavy atom. The quantitative estimate of drug-likeness (QED) is 0.680. The van der Waals surface area contributed by atoms with Crippen LogP contribution < -0.4 is 5.32 Å². The standard InChI is InChI=1S/C20H18N2O4/c1-13-12-16(17(23)26-13)22-18(24)20(21-19(22)25,14-8-4-2-5-9-14)15-10-6-3-7-11-15/h2-11,13,16H,12H2,1H3,(H,21,25). The minimum absolute atomic E-state index is 0.303. The number of ether oxygens (including phenoxy) is 1. The number of carbonyl (C=O) groups excluding carboxylic acids is 3. The number of imide groups is 1. The number of amides is 3. The van der Waals surface area contributed by atoms with E-state index in [-0.39, 0.29) is 6.10 Å². The summed E-state index contributed by atoms with van der Waals surface area (Å²) in [6.07, 6.45) is -0.0194. The molecule has 2 heterocycles. The first-order valence-corrected chi connectivity index (χ1v) is 8.51. The van der Waals surface area contributed by atoms with Gasteiger partial charge in [0.15, 0.2) is 5.54 Å². The number of benzene rings is 2. The summed E-state index contributed by atoms with van der Waals surface area (Å²) in [6, 6.07) is 16.6. The van der Waals surface area contributed by atoms with Gasteiger partial charge in [-0.2, -0.15) is 0 Å². The van der Waals surface area contributed by atoms with Crippen molar-refractivity contribution in [3.8, 4) is 0 Å². The zero-order valence-corrected chi connectivity index (χ0v) is 14.2. The first kappa shape index (κ1) is 16.3. The summed E-state index contributed by atoms with van der Waals surface area (Å²) in [5.41, 5.74) is -0.0657. The van der Waals surface area contributed by atoms with Gasteiger partial charge in [0, 0.05) is 6.42 Å². The summed E-state index contributed by atoms with van der Waals surface area (Å²) in [7, 11) is 0. The number of cyclic esters (lactones) is 1. The Morgan fingerprint density at radius 1 is 0.962 bits per heavy atom. The molecule has 2 aromatic carbocycles. The van der Waals surface area contributed by atoms with Gasteiger partial charge in [-0.3, -0.25) is 4.79 Å². The van der Waals surface area contributed by atoms with E-state index in [2.05, 4.69) is 5.32 Å². The monoisotopic (exact) mass is 350 g/mol. The molecule has 2 atom stereocenters. The molecule has 2 aliphatic heterocycles. The third kappa shape index (κ3) is 2.29. The van der Waals surface area contributed by atoms with E-state index >= 15 is 0 Å². The van der Waals surface area contributed by atoms with Crippen molar-refractivity contribution in [2.24, 2.45) is 0 Å². The van der Waals surface area contributed by atoms with Crippen molar-refractivity contribution in [2.45, 2.75) is 31.0 Å². The van der Waals surface area contributed by atoms with Crippen LogP contribution >= 0.6 is 0 Å². The van der Waals surface area contributed by atoms with Gasteiger partial charge < -0.3 is 10.1 Å². The summed E-state index contributed by atoms with van der Waals surface area (Å²) in [5, 5.41) is 2.84. The second-order valence-corrected chi connectivity index (χ2v) is 6.59. The Labute approximate surface area is 150 Å². The van der Waals surface area contributed by atoms with Crippen LogP contribution in [0.1, 0.15) is 24.5 Å². The van der Waals surface area contributed by atoms with Gasteiger partial charge in [-0.25, -0.2) is 14.5 Å². The Balaban J connectivity index is 1.85. The van der Waals surface area contributed by atoms with Crippen LogP contribution in [0.2, 0.25) is 0 Å². The van der Waals surface area contributed by atoms with Crippen molar-refractivity contribution in [3.63, 3.8) is 0 Å². The van der Waals surface area contributed by atoms with Crippen LogP contribution in [0.5, 0.6) is 0 Å². The van der Waals surface area contributed by atoms with Crippen molar-refractivity contribution in [2.75, 3.05) is 0 Å². The number of nitrogens with zero attached hydrogens (tertiary/aromatic N) is 1. The van der Waals surface area contributed by atoms with E-state index in [1.165, 1.54) is 0 Å². The molecule has 2 fully saturated rings. The van der Waals surface area contributed by atoms with E-state index in [1.54, 1.807) is 31.2 Å². The number of nitrogens with one attached hydrogen (secondary N) is 1. The van der Waals surface area contributed by atoms with Gasteiger partial charge in [-0.1, -0.05) is 60.7 Å².